The topological polar surface area (TPSA) is 41.5 Å². The molecule has 2 N–H and O–H groups in total. The number of aliphatic hydroxyl groups is 1. The van der Waals surface area contributed by atoms with E-state index in [0.29, 0.717) is 13.2 Å². The lowest BCUT2D eigenvalue weighted by Gasteiger charge is -2.21. The van der Waals surface area contributed by atoms with Crippen LogP contribution in [0.4, 0.5) is 0 Å². The van der Waals surface area contributed by atoms with E-state index in [2.05, 4.69) is 5.32 Å². The first kappa shape index (κ1) is 14.0. The van der Waals surface area contributed by atoms with Gasteiger partial charge in [-0.25, -0.2) is 0 Å². The average molecular weight is 237 g/mol. The van der Waals surface area contributed by atoms with Crippen LogP contribution in [0, 0.1) is 0 Å². The van der Waals surface area contributed by atoms with Gasteiger partial charge in [0, 0.05) is 13.1 Å². The number of ether oxygens (including phenoxy) is 1. The van der Waals surface area contributed by atoms with Crippen molar-refractivity contribution in [2.75, 3.05) is 13.2 Å². The molecular formula is C14H23NO2. The molecule has 0 aliphatic heterocycles. The van der Waals surface area contributed by atoms with E-state index in [4.69, 9.17) is 4.74 Å². The van der Waals surface area contributed by atoms with Gasteiger partial charge in [0.05, 0.1) is 12.2 Å². The summed E-state index contributed by atoms with van der Waals surface area (Å²) in [6, 6.07) is 8.02. The first-order chi connectivity index (χ1) is 8.07. The third-order valence-electron chi connectivity index (χ3n) is 2.83. The second kappa shape index (κ2) is 6.62. The predicted molar refractivity (Wildman–Crippen MR) is 70.2 cm³/mol. The van der Waals surface area contributed by atoms with Crippen LogP contribution in [0.5, 0.6) is 5.75 Å². The fraction of sp³-hybridized carbons (Fsp3) is 0.571. The highest BCUT2D eigenvalue weighted by molar-refractivity contribution is 5.27. The summed E-state index contributed by atoms with van der Waals surface area (Å²) in [5.74, 6) is 0.900. The van der Waals surface area contributed by atoms with Gasteiger partial charge < -0.3 is 15.2 Å². The van der Waals surface area contributed by atoms with Crippen molar-refractivity contribution in [3.05, 3.63) is 29.8 Å². The summed E-state index contributed by atoms with van der Waals surface area (Å²) in [5.41, 5.74) is 0.575. The average Bonchev–Trinajstić information content (AvgIpc) is 2.32. The van der Waals surface area contributed by atoms with Crippen LogP contribution in [0.15, 0.2) is 24.3 Å². The Labute approximate surface area is 104 Å². The first-order valence-electron chi connectivity index (χ1n) is 6.22. The molecule has 0 saturated carbocycles. The summed E-state index contributed by atoms with van der Waals surface area (Å²) >= 11 is 0. The highest BCUT2D eigenvalue weighted by atomic mass is 16.5. The van der Waals surface area contributed by atoms with Crippen molar-refractivity contribution < 1.29 is 9.84 Å². The molecule has 3 nitrogen and oxygen atoms in total. The monoisotopic (exact) mass is 237 g/mol. The Morgan fingerprint density at radius 3 is 2.41 bits per heavy atom. The van der Waals surface area contributed by atoms with E-state index in [1.165, 1.54) is 5.56 Å². The lowest BCUT2D eigenvalue weighted by Crippen LogP contribution is -2.36. The molecule has 0 bridgehead atoms. The molecule has 0 aliphatic carbocycles. The van der Waals surface area contributed by atoms with E-state index in [-0.39, 0.29) is 0 Å². The standard InChI is InChI=1S/C14H23NO2/c1-4-14(3,16)11-15-10-12-6-8-13(9-7-12)17-5-2/h6-9,15-16H,4-5,10-11H2,1-3H3. The van der Waals surface area contributed by atoms with Crippen molar-refractivity contribution >= 4 is 0 Å². The highest BCUT2D eigenvalue weighted by Gasteiger charge is 2.16. The van der Waals surface area contributed by atoms with Crippen molar-refractivity contribution in [3.63, 3.8) is 0 Å². The van der Waals surface area contributed by atoms with Crippen molar-refractivity contribution in [2.24, 2.45) is 0 Å². The summed E-state index contributed by atoms with van der Waals surface area (Å²) in [4.78, 5) is 0. The van der Waals surface area contributed by atoms with Gasteiger partial charge in [-0.1, -0.05) is 19.1 Å². The number of nitrogens with one attached hydrogen (secondary N) is 1. The Kier molecular flexibility index (Phi) is 5.45. The van der Waals surface area contributed by atoms with Gasteiger partial charge in [0.2, 0.25) is 0 Å². The molecular weight excluding hydrogens is 214 g/mol. The highest BCUT2D eigenvalue weighted by Crippen LogP contribution is 2.12. The maximum absolute atomic E-state index is 9.83. The molecule has 1 aromatic carbocycles. The zero-order valence-corrected chi connectivity index (χ0v) is 11.0. The van der Waals surface area contributed by atoms with Crippen molar-refractivity contribution in [2.45, 2.75) is 39.3 Å². The normalized spacial score (nSPS) is 14.4. The molecule has 0 aliphatic rings. The molecule has 0 saturated heterocycles. The molecule has 1 rings (SSSR count). The van der Waals surface area contributed by atoms with Gasteiger partial charge in [-0.3, -0.25) is 0 Å². The predicted octanol–water partition coefficient (Wildman–Crippen LogP) is 2.34. The van der Waals surface area contributed by atoms with Crippen molar-refractivity contribution in [1.29, 1.82) is 0 Å². The van der Waals surface area contributed by atoms with Crippen LogP contribution < -0.4 is 10.1 Å². The van der Waals surface area contributed by atoms with Crippen LogP contribution >= 0.6 is 0 Å². The second-order valence-electron chi connectivity index (χ2n) is 4.53. The van der Waals surface area contributed by atoms with E-state index in [0.717, 1.165) is 18.7 Å². The molecule has 0 spiro atoms. The van der Waals surface area contributed by atoms with Crippen molar-refractivity contribution in [3.8, 4) is 5.75 Å². The maximum Gasteiger partial charge on any atom is 0.119 e. The van der Waals surface area contributed by atoms with Crippen LogP contribution in [0.1, 0.15) is 32.8 Å². The molecule has 3 heteroatoms. The molecule has 1 aromatic rings. The Morgan fingerprint density at radius 2 is 1.88 bits per heavy atom. The Hall–Kier alpha value is -1.06. The first-order valence-corrected chi connectivity index (χ1v) is 6.22. The molecule has 0 radical (unpaired) electrons. The van der Waals surface area contributed by atoms with E-state index in [9.17, 15) is 5.11 Å². The third-order valence-corrected chi connectivity index (χ3v) is 2.83. The number of rotatable bonds is 7. The van der Waals surface area contributed by atoms with E-state index in [1.807, 2.05) is 45.0 Å². The minimum atomic E-state index is -0.620. The van der Waals surface area contributed by atoms with Gasteiger partial charge >= 0.3 is 0 Å². The number of benzene rings is 1. The summed E-state index contributed by atoms with van der Waals surface area (Å²) in [5, 5.41) is 13.1. The van der Waals surface area contributed by atoms with Crippen LogP contribution in [0.2, 0.25) is 0 Å². The minimum Gasteiger partial charge on any atom is -0.494 e. The van der Waals surface area contributed by atoms with Gasteiger partial charge in [-0.2, -0.15) is 0 Å². The molecule has 0 heterocycles. The SMILES string of the molecule is CCOc1ccc(CNCC(C)(O)CC)cc1. The molecule has 17 heavy (non-hydrogen) atoms. The number of hydrogen-bond donors (Lipinski definition) is 2. The zero-order valence-electron chi connectivity index (χ0n) is 11.0. The summed E-state index contributed by atoms with van der Waals surface area (Å²) < 4.78 is 5.38. The molecule has 0 amide bonds. The van der Waals surface area contributed by atoms with E-state index < -0.39 is 5.60 Å². The summed E-state index contributed by atoms with van der Waals surface area (Å²) in [7, 11) is 0. The lowest BCUT2D eigenvalue weighted by molar-refractivity contribution is 0.0555. The maximum atomic E-state index is 9.83. The second-order valence-corrected chi connectivity index (χ2v) is 4.53. The van der Waals surface area contributed by atoms with Crippen LogP contribution in [-0.4, -0.2) is 23.9 Å². The Bertz CT molecular complexity index is 319. The summed E-state index contributed by atoms with van der Waals surface area (Å²) in [6.07, 6.45) is 0.753. The lowest BCUT2D eigenvalue weighted by atomic mass is 10.0. The van der Waals surface area contributed by atoms with E-state index in [1.54, 1.807) is 0 Å². The minimum absolute atomic E-state index is 0.608. The van der Waals surface area contributed by atoms with Crippen molar-refractivity contribution in [1.82, 2.24) is 5.32 Å². The van der Waals surface area contributed by atoms with Gasteiger partial charge in [0.25, 0.3) is 0 Å². The molecule has 96 valence electrons. The van der Waals surface area contributed by atoms with Gasteiger partial charge in [-0.15, -0.1) is 0 Å². The zero-order chi connectivity index (χ0) is 12.7. The molecule has 0 fully saturated rings. The smallest absolute Gasteiger partial charge is 0.119 e. The Balaban J connectivity index is 2.37. The summed E-state index contributed by atoms with van der Waals surface area (Å²) in [6.45, 7) is 7.87. The van der Waals surface area contributed by atoms with Crippen LogP contribution in [0.3, 0.4) is 0 Å². The van der Waals surface area contributed by atoms with Crippen LogP contribution in [0.25, 0.3) is 0 Å². The van der Waals surface area contributed by atoms with Gasteiger partial charge in [0.1, 0.15) is 5.75 Å². The third kappa shape index (κ3) is 5.20. The quantitative estimate of drug-likeness (QED) is 0.765. The van der Waals surface area contributed by atoms with Gasteiger partial charge in [-0.05, 0) is 38.0 Å². The molecule has 1 unspecified atom stereocenters. The largest absolute Gasteiger partial charge is 0.494 e. The fourth-order valence-electron chi connectivity index (χ4n) is 1.47. The van der Waals surface area contributed by atoms with E-state index >= 15 is 0 Å². The van der Waals surface area contributed by atoms with Gasteiger partial charge in [0.15, 0.2) is 0 Å². The number of hydrogen-bond acceptors (Lipinski definition) is 3. The van der Waals surface area contributed by atoms with Crippen LogP contribution in [-0.2, 0) is 6.54 Å². The fourth-order valence-corrected chi connectivity index (χ4v) is 1.47. The Morgan fingerprint density at radius 1 is 1.24 bits per heavy atom. The molecule has 1 atom stereocenters. The molecule has 0 aromatic heterocycles.